The number of hydrogen-bond acceptors (Lipinski definition) is 3. The van der Waals surface area contributed by atoms with Crippen molar-refractivity contribution in [2.45, 2.75) is 19.4 Å². The molecule has 0 atom stereocenters. The zero-order valence-electron chi connectivity index (χ0n) is 14.6. The van der Waals surface area contributed by atoms with Crippen LogP contribution in [0, 0.1) is 5.82 Å². The highest BCUT2D eigenvalue weighted by atomic mass is 19.1. The van der Waals surface area contributed by atoms with Crippen LogP contribution in [0.2, 0.25) is 0 Å². The van der Waals surface area contributed by atoms with Crippen LogP contribution in [0.4, 0.5) is 4.39 Å². The third-order valence-electron chi connectivity index (χ3n) is 4.36. The molecule has 1 heterocycles. The Kier molecular flexibility index (Phi) is 5.41. The van der Waals surface area contributed by atoms with E-state index in [2.05, 4.69) is 4.98 Å². The number of benzene rings is 2. The minimum atomic E-state index is -0.385. The van der Waals surface area contributed by atoms with Crippen LogP contribution < -0.4 is 0 Å². The highest BCUT2D eigenvalue weighted by Gasteiger charge is 2.13. The van der Waals surface area contributed by atoms with E-state index in [1.807, 2.05) is 28.8 Å². The lowest BCUT2D eigenvalue weighted by molar-refractivity contribution is -0.129. The lowest BCUT2D eigenvalue weighted by atomic mass is 10.1. The molecule has 0 N–H and O–H groups in total. The normalized spacial score (nSPS) is 10.8. The monoisotopic (exact) mass is 353 g/mol. The first-order chi connectivity index (χ1) is 12.5. The number of nitrogens with zero attached hydrogens (tertiary/aromatic N) is 3. The Bertz CT molecular complexity index is 918. The van der Waals surface area contributed by atoms with Crippen molar-refractivity contribution in [2.24, 2.45) is 0 Å². The van der Waals surface area contributed by atoms with Gasteiger partial charge < -0.3 is 9.47 Å². The van der Waals surface area contributed by atoms with Crippen molar-refractivity contribution < 1.29 is 14.0 Å². The summed E-state index contributed by atoms with van der Waals surface area (Å²) in [7, 11) is 1.73. The number of para-hydroxylation sites is 2. The Hall–Kier alpha value is -3.02. The number of imidazole rings is 1. The lowest BCUT2D eigenvalue weighted by Gasteiger charge is -2.17. The Balaban J connectivity index is 1.50. The fourth-order valence-electron chi connectivity index (χ4n) is 2.76. The number of halogens is 1. The molecule has 0 radical (unpaired) electrons. The lowest BCUT2D eigenvalue weighted by Crippen LogP contribution is -2.30. The van der Waals surface area contributed by atoms with Crippen LogP contribution in [-0.4, -0.2) is 39.7 Å². The van der Waals surface area contributed by atoms with Crippen molar-refractivity contribution in [1.82, 2.24) is 14.5 Å². The molecule has 0 aliphatic carbocycles. The number of carbonyl (C=O) groups is 2. The number of aromatic nitrogens is 2. The highest BCUT2D eigenvalue weighted by molar-refractivity contribution is 5.97. The molecule has 3 rings (SSSR count). The predicted octanol–water partition coefficient (Wildman–Crippen LogP) is 3.30. The van der Waals surface area contributed by atoms with E-state index in [9.17, 15) is 14.0 Å². The van der Waals surface area contributed by atoms with Gasteiger partial charge in [-0.2, -0.15) is 0 Å². The average Bonchev–Trinajstić information content (AvgIpc) is 3.07. The number of Topliss-reactive ketones (excluding diaryl/α,β-unsaturated/α-hetero) is 1. The number of rotatable bonds is 7. The molecule has 0 aliphatic rings. The molecule has 26 heavy (non-hydrogen) atoms. The molecule has 3 aromatic rings. The van der Waals surface area contributed by atoms with Gasteiger partial charge in [-0.3, -0.25) is 9.59 Å². The van der Waals surface area contributed by atoms with Gasteiger partial charge in [0.05, 0.1) is 17.4 Å². The Morgan fingerprint density at radius 2 is 1.81 bits per heavy atom. The topological polar surface area (TPSA) is 55.2 Å². The summed E-state index contributed by atoms with van der Waals surface area (Å²) in [6.07, 6.45) is 2.02. The summed E-state index contributed by atoms with van der Waals surface area (Å²) in [5.41, 5.74) is 2.37. The summed E-state index contributed by atoms with van der Waals surface area (Å²) in [5, 5.41) is 0. The van der Waals surface area contributed by atoms with Crippen molar-refractivity contribution in [1.29, 1.82) is 0 Å². The van der Waals surface area contributed by atoms with Gasteiger partial charge >= 0.3 is 0 Å². The molecule has 0 saturated heterocycles. The summed E-state index contributed by atoms with van der Waals surface area (Å²) >= 11 is 0. The second-order valence-electron chi connectivity index (χ2n) is 6.17. The van der Waals surface area contributed by atoms with Crippen LogP contribution in [0.25, 0.3) is 11.0 Å². The van der Waals surface area contributed by atoms with Crippen LogP contribution in [-0.2, 0) is 11.3 Å². The average molecular weight is 353 g/mol. The third-order valence-corrected chi connectivity index (χ3v) is 4.36. The number of amides is 1. The van der Waals surface area contributed by atoms with E-state index in [1.165, 1.54) is 24.3 Å². The predicted molar refractivity (Wildman–Crippen MR) is 97.3 cm³/mol. The maximum Gasteiger partial charge on any atom is 0.222 e. The van der Waals surface area contributed by atoms with E-state index in [4.69, 9.17) is 0 Å². The van der Waals surface area contributed by atoms with Crippen molar-refractivity contribution in [3.05, 3.63) is 66.2 Å². The molecule has 0 aliphatic heterocycles. The Labute approximate surface area is 151 Å². The van der Waals surface area contributed by atoms with Crippen molar-refractivity contribution in [3.63, 3.8) is 0 Å². The molecule has 134 valence electrons. The van der Waals surface area contributed by atoms with Gasteiger partial charge in [0.25, 0.3) is 0 Å². The quantitative estimate of drug-likeness (QED) is 0.613. The van der Waals surface area contributed by atoms with Gasteiger partial charge in [0, 0.05) is 38.5 Å². The van der Waals surface area contributed by atoms with Gasteiger partial charge in [-0.05, 0) is 36.4 Å². The molecule has 0 fully saturated rings. The first kappa shape index (κ1) is 17.8. The standard InChI is InChI=1S/C20H20FN3O2/c1-23(12-13-24-14-22-17-4-2-3-5-18(17)24)20(26)11-10-19(25)15-6-8-16(21)9-7-15/h2-9,14H,10-13H2,1H3. The molecule has 0 spiro atoms. The second kappa shape index (κ2) is 7.91. The molecule has 2 aromatic carbocycles. The van der Waals surface area contributed by atoms with E-state index >= 15 is 0 Å². The summed E-state index contributed by atoms with van der Waals surface area (Å²) < 4.78 is 14.9. The van der Waals surface area contributed by atoms with Gasteiger partial charge in [-0.15, -0.1) is 0 Å². The van der Waals surface area contributed by atoms with Crippen molar-refractivity contribution in [2.75, 3.05) is 13.6 Å². The molecule has 0 saturated carbocycles. The Morgan fingerprint density at radius 3 is 2.58 bits per heavy atom. The van der Waals surface area contributed by atoms with E-state index in [0.29, 0.717) is 18.7 Å². The highest BCUT2D eigenvalue weighted by Crippen LogP contribution is 2.12. The number of carbonyl (C=O) groups excluding carboxylic acids is 2. The van der Waals surface area contributed by atoms with Crippen LogP contribution >= 0.6 is 0 Å². The zero-order valence-corrected chi connectivity index (χ0v) is 14.6. The van der Waals surface area contributed by atoms with Gasteiger partial charge in [0.1, 0.15) is 5.82 Å². The summed E-state index contributed by atoms with van der Waals surface area (Å²) in [6.45, 7) is 1.17. The smallest absolute Gasteiger partial charge is 0.222 e. The summed E-state index contributed by atoms with van der Waals surface area (Å²) in [5.74, 6) is -0.637. The molecule has 0 unspecified atom stereocenters. The second-order valence-corrected chi connectivity index (χ2v) is 6.17. The van der Waals surface area contributed by atoms with Crippen LogP contribution in [0.5, 0.6) is 0 Å². The van der Waals surface area contributed by atoms with Crippen molar-refractivity contribution in [3.8, 4) is 0 Å². The first-order valence-electron chi connectivity index (χ1n) is 8.47. The fraction of sp³-hybridized carbons (Fsp3) is 0.250. The third kappa shape index (κ3) is 4.14. The number of fused-ring (bicyclic) bond motifs is 1. The van der Waals surface area contributed by atoms with E-state index < -0.39 is 0 Å². The van der Waals surface area contributed by atoms with Crippen LogP contribution in [0.1, 0.15) is 23.2 Å². The largest absolute Gasteiger partial charge is 0.344 e. The minimum absolute atomic E-state index is 0.0927. The Morgan fingerprint density at radius 1 is 1.08 bits per heavy atom. The maximum absolute atomic E-state index is 12.9. The maximum atomic E-state index is 12.9. The van der Waals surface area contributed by atoms with Gasteiger partial charge in [-0.1, -0.05) is 12.1 Å². The molecular weight excluding hydrogens is 333 g/mol. The van der Waals surface area contributed by atoms with E-state index in [0.717, 1.165) is 11.0 Å². The van der Waals surface area contributed by atoms with Crippen LogP contribution in [0.15, 0.2) is 54.9 Å². The molecular formula is C20H20FN3O2. The molecule has 5 nitrogen and oxygen atoms in total. The molecule has 1 amide bonds. The minimum Gasteiger partial charge on any atom is -0.344 e. The van der Waals surface area contributed by atoms with E-state index in [-0.39, 0.29) is 30.3 Å². The first-order valence-corrected chi connectivity index (χ1v) is 8.47. The van der Waals surface area contributed by atoms with Crippen LogP contribution in [0.3, 0.4) is 0 Å². The molecule has 1 aromatic heterocycles. The summed E-state index contributed by atoms with van der Waals surface area (Å²) in [4.78, 5) is 30.3. The van der Waals surface area contributed by atoms with Gasteiger partial charge in [0.15, 0.2) is 5.78 Å². The SMILES string of the molecule is CN(CCn1cnc2ccccc21)C(=O)CCC(=O)c1ccc(F)cc1. The molecule has 0 bridgehead atoms. The number of hydrogen-bond donors (Lipinski definition) is 0. The number of likely N-dealkylation sites (N-methyl/N-ethyl adjacent to an activating group) is 1. The summed E-state index contributed by atoms with van der Waals surface area (Å²) in [6, 6.07) is 13.2. The van der Waals surface area contributed by atoms with Gasteiger partial charge in [-0.25, -0.2) is 9.37 Å². The van der Waals surface area contributed by atoms with E-state index in [1.54, 1.807) is 18.3 Å². The van der Waals surface area contributed by atoms with Gasteiger partial charge in [0.2, 0.25) is 5.91 Å². The number of ketones is 1. The fourth-order valence-corrected chi connectivity index (χ4v) is 2.76. The molecule has 6 heteroatoms. The van der Waals surface area contributed by atoms with Crippen molar-refractivity contribution >= 4 is 22.7 Å². The zero-order chi connectivity index (χ0) is 18.5.